The highest BCUT2D eigenvalue weighted by molar-refractivity contribution is 6.00. The van der Waals surface area contributed by atoms with Crippen LogP contribution in [0.1, 0.15) is 22.8 Å². The summed E-state index contributed by atoms with van der Waals surface area (Å²) in [5.74, 6) is 3.56. The molecule has 2 heteroatoms. The van der Waals surface area contributed by atoms with Crippen molar-refractivity contribution in [3.63, 3.8) is 0 Å². The predicted octanol–water partition coefficient (Wildman–Crippen LogP) is 3.89. The second-order valence-corrected chi connectivity index (χ2v) is 5.40. The molecular weight excluding hydrogens is 272 g/mol. The van der Waals surface area contributed by atoms with E-state index in [2.05, 4.69) is 12.0 Å². The first-order chi connectivity index (χ1) is 10.8. The van der Waals surface area contributed by atoms with Gasteiger partial charge in [-0.15, -0.1) is 6.42 Å². The first kappa shape index (κ1) is 12.9. The minimum atomic E-state index is -0.673. The Bertz CT molecular complexity index is 948. The molecule has 3 aromatic rings. The molecule has 0 fully saturated rings. The summed E-state index contributed by atoms with van der Waals surface area (Å²) in [4.78, 5) is 0. The molecule has 0 saturated carbocycles. The van der Waals surface area contributed by atoms with Crippen LogP contribution in [0.15, 0.2) is 48.5 Å². The molecule has 0 saturated heterocycles. The van der Waals surface area contributed by atoms with Crippen molar-refractivity contribution in [2.45, 2.75) is 6.10 Å². The number of rotatable bonds is 1. The molecule has 106 valence electrons. The van der Waals surface area contributed by atoms with Gasteiger partial charge in [-0.2, -0.15) is 0 Å². The molecule has 22 heavy (non-hydrogen) atoms. The Morgan fingerprint density at radius 3 is 2.64 bits per heavy atom. The zero-order valence-electron chi connectivity index (χ0n) is 12.1. The molecule has 0 aromatic heterocycles. The molecule has 1 aliphatic rings. The summed E-state index contributed by atoms with van der Waals surface area (Å²) in [6.07, 6.45) is 5.10. The monoisotopic (exact) mass is 286 g/mol. The van der Waals surface area contributed by atoms with Gasteiger partial charge in [0.1, 0.15) is 11.9 Å². The van der Waals surface area contributed by atoms with Crippen molar-refractivity contribution < 1.29 is 9.84 Å². The van der Waals surface area contributed by atoms with Crippen LogP contribution in [0.25, 0.3) is 21.9 Å². The molecule has 0 radical (unpaired) electrons. The van der Waals surface area contributed by atoms with E-state index in [1.165, 1.54) is 0 Å². The SMILES string of the molecule is C#Cc1c2c(cc3c(OC)cccc13)-c1ccccc1C2O. The lowest BCUT2D eigenvalue weighted by atomic mass is 9.93. The molecule has 1 N–H and O–H groups in total. The van der Waals surface area contributed by atoms with Crippen molar-refractivity contribution in [1.29, 1.82) is 0 Å². The van der Waals surface area contributed by atoms with Gasteiger partial charge in [0.2, 0.25) is 0 Å². The summed E-state index contributed by atoms with van der Waals surface area (Å²) in [5.41, 5.74) is 4.50. The lowest BCUT2D eigenvalue weighted by molar-refractivity contribution is 0.225. The van der Waals surface area contributed by atoms with Gasteiger partial charge in [-0.1, -0.05) is 42.3 Å². The van der Waals surface area contributed by atoms with E-state index in [1.54, 1.807) is 7.11 Å². The van der Waals surface area contributed by atoms with Gasteiger partial charge in [0.05, 0.1) is 7.11 Å². The van der Waals surface area contributed by atoms with Crippen molar-refractivity contribution >= 4 is 10.8 Å². The third kappa shape index (κ3) is 1.55. The number of aliphatic hydroxyl groups is 1. The minimum absolute atomic E-state index is 0.673. The van der Waals surface area contributed by atoms with E-state index < -0.39 is 6.10 Å². The van der Waals surface area contributed by atoms with Crippen LogP contribution in [0, 0.1) is 12.3 Å². The summed E-state index contributed by atoms with van der Waals surface area (Å²) in [7, 11) is 1.65. The fourth-order valence-corrected chi connectivity index (χ4v) is 3.39. The number of hydrogen-bond donors (Lipinski definition) is 1. The van der Waals surface area contributed by atoms with E-state index in [0.717, 1.165) is 44.3 Å². The van der Waals surface area contributed by atoms with Crippen molar-refractivity contribution in [2.75, 3.05) is 7.11 Å². The van der Waals surface area contributed by atoms with E-state index in [-0.39, 0.29) is 0 Å². The summed E-state index contributed by atoms with van der Waals surface area (Å²) in [6.45, 7) is 0. The molecule has 4 rings (SSSR count). The standard InChI is InChI=1S/C20H14O2/c1-3-12-13-9-6-10-18(22-2)16(13)11-17-14-7-4-5-8-15(14)20(21)19(12)17/h1,4-11,20-21H,2H3. The van der Waals surface area contributed by atoms with E-state index >= 15 is 0 Å². The van der Waals surface area contributed by atoms with Crippen LogP contribution in [0.3, 0.4) is 0 Å². The average Bonchev–Trinajstić information content (AvgIpc) is 2.85. The maximum Gasteiger partial charge on any atom is 0.126 e. The second kappa shape index (κ2) is 4.62. The summed E-state index contributed by atoms with van der Waals surface area (Å²) >= 11 is 0. The first-order valence-electron chi connectivity index (χ1n) is 7.14. The Kier molecular flexibility index (Phi) is 2.72. The highest BCUT2D eigenvalue weighted by atomic mass is 16.5. The van der Waals surface area contributed by atoms with Crippen molar-refractivity contribution in [2.24, 2.45) is 0 Å². The van der Waals surface area contributed by atoms with Gasteiger partial charge in [0.25, 0.3) is 0 Å². The van der Waals surface area contributed by atoms with E-state index in [9.17, 15) is 5.11 Å². The van der Waals surface area contributed by atoms with Crippen LogP contribution in [-0.4, -0.2) is 12.2 Å². The Hall–Kier alpha value is -2.76. The second-order valence-electron chi connectivity index (χ2n) is 5.40. The number of hydrogen-bond acceptors (Lipinski definition) is 2. The maximum atomic E-state index is 10.7. The third-order valence-electron chi connectivity index (χ3n) is 4.37. The largest absolute Gasteiger partial charge is 0.496 e. The zero-order chi connectivity index (χ0) is 15.3. The fraction of sp³-hybridized carbons (Fsp3) is 0.100. The molecule has 0 amide bonds. The van der Waals surface area contributed by atoms with Crippen LogP contribution < -0.4 is 4.74 Å². The normalized spacial score (nSPS) is 15.2. The molecule has 0 bridgehead atoms. The summed E-state index contributed by atoms with van der Waals surface area (Å²) in [6, 6.07) is 15.8. The molecule has 2 nitrogen and oxygen atoms in total. The molecule has 1 aliphatic carbocycles. The molecule has 0 spiro atoms. The van der Waals surface area contributed by atoms with Crippen LogP contribution in [0.2, 0.25) is 0 Å². The molecule has 3 aromatic carbocycles. The quantitative estimate of drug-likeness (QED) is 0.688. The van der Waals surface area contributed by atoms with Crippen LogP contribution in [0.4, 0.5) is 0 Å². The summed E-state index contributed by atoms with van der Waals surface area (Å²) < 4.78 is 5.47. The lowest BCUT2D eigenvalue weighted by Gasteiger charge is -2.13. The molecule has 1 unspecified atom stereocenters. The molecule has 0 heterocycles. The third-order valence-corrected chi connectivity index (χ3v) is 4.37. The van der Waals surface area contributed by atoms with Gasteiger partial charge >= 0.3 is 0 Å². The van der Waals surface area contributed by atoms with Crippen molar-refractivity contribution in [3.8, 4) is 29.2 Å². The number of methoxy groups -OCH3 is 1. The molecule has 1 atom stereocenters. The minimum Gasteiger partial charge on any atom is -0.496 e. The van der Waals surface area contributed by atoms with Crippen molar-refractivity contribution in [3.05, 3.63) is 65.2 Å². The Balaban J connectivity index is 2.19. The number of terminal acetylenes is 1. The highest BCUT2D eigenvalue weighted by Gasteiger charge is 2.30. The van der Waals surface area contributed by atoms with Gasteiger partial charge in [-0.05, 0) is 28.8 Å². The zero-order valence-corrected chi connectivity index (χ0v) is 12.1. The topological polar surface area (TPSA) is 29.5 Å². The molecular formula is C20H14O2. The van der Waals surface area contributed by atoms with Crippen LogP contribution in [0.5, 0.6) is 5.75 Å². The number of fused-ring (bicyclic) bond motifs is 4. The van der Waals surface area contributed by atoms with Gasteiger partial charge in [0.15, 0.2) is 0 Å². The first-order valence-corrected chi connectivity index (χ1v) is 7.14. The summed E-state index contributed by atoms with van der Waals surface area (Å²) in [5, 5.41) is 12.6. The van der Waals surface area contributed by atoms with E-state index in [0.29, 0.717) is 0 Å². The van der Waals surface area contributed by atoms with Crippen LogP contribution >= 0.6 is 0 Å². The number of benzene rings is 3. The van der Waals surface area contributed by atoms with Gasteiger partial charge < -0.3 is 9.84 Å². The van der Waals surface area contributed by atoms with E-state index in [4.69, 9.17) is 11.2 Å². The maximum absolute atomic E-state index is 10.7. The lowest BCUT2D eigenvalue weighted by Crippen LogP contribution is -1.98. The predicted molar refractivity (Wildman–Crippen MR) is 87.9 cm³/mol. The fourth-order valence-electron chi connectivity index (χ4n) is 3.39. The number of aliphatic hydroxyl groups excluding tert-OH is 1. The highest BCUT2D eigenvalue weighted by Crippen LogP contribution is 2.48. The van der Waals surface area contributed by atoms with Gasteiger partial charge in [-0.3, -0.25) is 0 Å². The van der Waals surface area contributed by atoms with E-state index in [1.807, 2.05) is 42.5 Å². The Morgan fingerprint density at radius 1 is 1.05 bits per heavy atom. The smallest absolute Gasteiger partial charge is 0.126 e. The van der Waals surface area contributed by atoms with Crippen molar-refractivity contribution in [1.82, 2.24) is 0 Å². The molecule has 0 aliphatic heterocycles. The Morgan fingerprint density at radius 2 is 1.86 bits per heavy atom. The number of ether oxygens (including phenoxy) is 1. The van der Waals surface area contributed by atoms with Gasteiger partial charge in [-0.25, -0.2) is 0 Å². The Labute approximate surface area is 129 Å². The van der Waals surface area contributed by atoms with Gasteiger partial charge in [0, 0.05) is 21.9 Å². The average molecular weight is 286 g/mol. The van der Waals surface area contributed by atoms with Crippen LogP contribution in [-0.2, 0) is 0 Å².